The van der Waals surface area contributed by atoms with Crippen LogP contribution in [0.25, 0.3) is 11.3 Å². The molecule has 0 atom stereocenters. The molecule has 3 rings (SSSR count). The molecule has 0 radical (unpaired) electrons. The number of nitrogens with one attached hydrogen (secondary N) is 1. The van der Waals surface area contributed by atoms with E-state index in [-0.39, 0.29) is 6.03 Å². The Balaban J connectivity index is 1.81. The highest BCUT2D eigenvalue weighted by Gasteiger charge is 2.22. The summed E-state index contributed by atoms with van der Waals surface area (Å²) in [5.74, 6) is 0. The van der Waals surface area contributed by atoms with E-state index in [2.05, 4.69) is 20.2 Å². The molecular formula is C16H19N5O. The van der Waals surface area contributed by atoms with E-state index in [0.717, 1.165) is 30.0 Å². The molecule has 22 heavy (non-hydrogen) atoms. The van der Waals surface area contributed by atoms with Gasteiger partial charge < -0.3 is 15.1 Å². The highest BCUT2D eigenvalue weighted by molar-refractivity contribution is 5.76. The van der Waals surface area contributed by atoms with Crippen LogP contribution in [0.2, 0.25) is 0 Å². The lowest BCUT2D eigenvalue weighted by Crippen LogP contribution is -2.51. The molecule has 6 heteroatoms. The zero-order valence-electron chi connectivity index (χ0n) is 12.6. The molecular weight excluding hydrogens is 278 g/mol. The fourth-order valence-corrected chi connectivity index (χ4v) is 2.68. The van der Waals surface area contributed by atoms with E-state index in [9.17, 15) is 4.79 Å². The van der Waals surface area contributed by atoms with Crippen LogP contribution in [0.1, 0.15) is 0 Å². The molecule has 0 spiro atoms. The molecule has 114 valence electrons. The van der Waals surface area contributed by atoms with Gasteiger partial charge in [0, 0.05) is 38.8 Å². The van der Waals surface area contributed by atoms with Crippen molar-refractivity contribution in [2.75, 3.05) is 38.1 Å². The minimum absolute atomic E-state index is 0.0211. The first-order valence-corrected chi connectivity index (χ1v) is 7.36. The standard InChI is InChI=1S/C16H19N5O/c1-17-16(22)21-9-7-20(8-10-21)14-11-18-12-19-15(14)13-5-3-2-4-6-13/h2-6,11-12H,7-10H2,1H3,(H,17,22). The predicted molar refractivity (Wildman–Crippen MR) is 85.7 cm³/mol. The smallest absolute Gasteiger partial charge is 0.317 e. The van der Waals surface area contributed by atoms with Crippen LogP contribution in [-0.4, -0.2) is 54.1 Å². The number of hydrogen-bond acceptors (Lipinski definition) is 4. The largest absolute Gasteiger partial charge is 0.365 e. The third kappa shape index (κ3) is 2.86. The van der Waals surface area contributed by atoms with Crippen molar-refractivity contribution in [2.45, 2.75) is 0 Å². The number of carbonyl (C=O) groups is 1. The van der Waals surface area contributed by atoms with E-state index >= 15 is 0 Å². The second kappa shape index (κ2) is 6.43. The van der Waals surface area contributed by atoms with Crippen LogP contribution >= 0.6 is 0 Å². The second-order valence-corrected chi connectivity index (χ2v) is 5.15. The summed E-state index contributed by atoms with van der Waals surface area (Å²) in [4.78, 5) is 24.3. The molecule has 1 aromatic carbocycles. The minimum atomic E-state index is -0.0211. The predicted octanol–water partition coefficient (Wildman–Crippen LogP) is 1.60. The molecule has 6 nitrogen and oxygen atoms in total. The van der Waals surface area contributed by atoms with Crippen molar-refractivity contribution in [2.24, 2.45) is 0 Å². The summed E-state index contributed by atoms with van der Waals surface area (Å²) in [5.41, 5.74) is 3.03. The Bertz CT molecular complexity index is 638. The Morgan fingerprint density at radius 2 is 1.86 bits per heavy atom. The van der Waals surface area contributed by atoms with E-state index in [1.807, 2.05) is 41.4 Å². The topological polar surface area (TPSA) is 61.4 Å². The number of anilines is 1. The van der Waals surface area contributed by atoms with Gasteiger partial charge in [-0.05, 0) is 0 Å². The average molecular weight is 297 g/mol. The van der Waals surface area contributed by atoms with Crippen molar-refractivity contribution >= 4 is 11.7 Å². The number of rotatable bonds is 2. The number of urea groups is 1. The van der Waals surface area contributed by atoms with Gasteiger partial charge in [0.05, 0.1) is 17.6 Å². The maximum atomic E-state index is 11.7. The zero-order valence-corrected chi connectivity index (χ0v) is 12.6. The Morgan fingerprint density at radius 3 is 2.55 bits per heavy atom. The van der Waals surface area contributed by atoms with Gasteiger partial charge in [-0.3, -0.25) is 0 Å². The summed E-state index contributed by atoms with van der Waals surface area (Å²) in [7, 11) is 1.66. The lowest BCUT2D eigenvalue weighted by atomic mass is 10.1. The number of aromatic nitrogens is 2. The van der Waals surface area contributed by atoms with Crippen molar-refractivity contribution in [1.29, 1.82) is 0 Å². The van der Waals surface area contributed by atoms with Crippen molar-refractivity contribution in [3.05, 3.63) is 42.9 Å². The van der Waals surface area contributed by atoms with Gasteiger partial charge in [-0.15, -0.1) is 0 Å². The van der Waals surface area contributed by atoms with Gasteiger partial charge in [0.2, 0.25) is 0 Å². The monoisotopic (exact) mass is 297 g/mol. The van der Waals surface area contributed by atoms with Crippen LogP contribution in [0.5, 0.6) is 0 Å². The molecule has 1 aromatic heterocycles. The molecule has 1 saturated heterocycles. The molecule has 1 aliphatic heterocycles. The Labute approximate surface area is 129 Å². The van der Waals surface area contributed by atoms with Crippen molar-refractivity contribution in [3.63, 3.8) is 0 Å². The Hall–Kier alpha value is -2.63. The first kappa shape index (κ1) is 14.3. The number of nitrogens with zero attached hydrogens (tertiary/aromatic N) is 4. The summed E-state index contributed by atoms with van der Waals surface area (Å²) >= 11 is 0. The molecule has 0 saturated carbocycles. The highest BCUT2D eigenvalue weighted by Crippen LogP contribution is 2.28. The van der Waals surface area contributed by atoms with Crippen LogP contribution in [0.15, 0.2) is 42.9 Å². The SMILES string of the molecule is CNC(=O)N1CCN(c2cncnc2-c2ccccc2)CC1. The zero-order chi connectivity index (χ0) is 15.4. The van der Waals surface area contributed by atoms with Crippen LogP contribution in [0, 0.1) is 0 Å². The van der Waals surface area contributed by atoms with Crippen LogP contribution in [-0.2, 0) is 0 Å². The van der Waals surface area contributed by atoms with Crippen LogP contribution in [0.3, 0.4) is 0 Å². The van der Waals surface area contributed by atoms with Crippen LogP contribution in [0.4, 0.5) is 10.5 Å². The molecule has 2 heterocycles. The lowest BCUT2D eigenvalue weighted by molar-refractivity contribution is 0.196. The van der Waals surface area contributed by atoms with Crippen molar-refractivity contribution in [1.82, 2.24) is 20.2 Å². The number of piperazine rings is 1. The van der Waals surface area contributed by atoms with E-state index in [1.54, 1.807) is 13.4 Å². The fourth-order valence-electron chi connectivity index (χ4n) is 2.68. The lowest BCUT2D eigenvalue weighted by Gasteiger charge is -2.36. The van der Waals surface area contributed by atoms with E-state index < -0.39 is 0 Å². The number of amides is 2. The number of hydrogen-bond donors (Lipinski definition) is 1. The van der Waals surface area contributed by atoms with Gasteiger partial charge in [0.1, 0.15) is 6.33 Å². The van der Waals surface area contributed by atoms with Gasteiger partial charge in [-0.25, -0.2) is 14.8 Å². The number of carbonyl (C=O) groups excluding carboxylic acids is 1. The first-order valence-electron chi connectivity index (χ1n) is 7.36. The summed E-state index contributed by atoms with van der Waals surface area (Å²) in [6.07, 6.45) is 3.43. The third-order valence-corrected chi connectivity index (χ3v) is 3.86. The third-order valence-electron chi connectivity index (χ3n) is 3.86. The number of benzene rings is 1. The van der Waals surface area contributed by atoms with Gasteiger partial charge in [-0.2, -0.15) is 0 Å². The normalized spacial score (nSPS) is 14.8. The fraction of sp³-hybridized carbons (Fsp3) is 0.312. The summed E-state index contributed by atoms with van der Waals surface area (Å²) in [6, 6.07) is 10.1. The van der Waals surface area contributed by atoms with Gasteiger partial charge in [0.15, 0.2) is 0 Å². The summed E-state index contributed by atoms with van der Waals surface area (Å²) in [5, 5.41) is 2.67. The van der Waals surface area contributed by atoms with Crippen molar-refractivity contribution in [3.8, 4) is 11.3 Å². The highest BCUT2D eigenvalue weighted by atomic mass is 16.2. The molecule has 1 fully saturated rings. The Kier molecular flexibility index (Phi) is 4.18. The second-order valence-electron chi connectivity index (χ2n) is 5.15. The van der Waals surface area contributed by atoms with E-state index in [0.29, 0.717) is 13.1 Å². The molecule has 2 aromatic rings. The first-order chi connectivity index (χ1) is 10.8. The van der Waals surface area contributed by atoms with Gasteiger partial charge in [-0.1, -0.05) is 30.3 Å². The maximum absolute atomic E-state index is 11.7. The van der Waals surface area contributed by atoms with Crippen LogP contribution < -0.4 is 10.2 Å². The summed E-state index contributed by atoms with van der Waals surface area (Å²) < 4.78 is 0. The molecule has 0 bridgehead atoms. The average Bonchev–Trinajstić information content (AvgIpc) is 2.62. The van der Waals surface area contributed by atoms with E-state index in [4.69, 9.17) is 0 Å². The van der Waals surface area contributed by atoms with E-state index in [1.165, 1.54) is 0 Å². The molecule has 1 aliphatic rings. The molecule has 1 N–H and O–H groups in total. The summed E-state index contributed by atoms with van der Waals surface area (Å²) in [6.45, 7) is 2.95. The maximum Gasteiger partial charge on any atom is 0.317 e. The van der Waals surface area contributed by atoms with Crippen molar-refractivity contribution < 1.29 is 4.79 Å². The Morgan fingerprint density at radius 1 is 1.14 bits per heavy atom. The molecule has 0 unspecified atom stereocenters. The molecule has 2 amide bonds. The van der Waals surface area contributed by atoms with Gasteiger partial charge >= 0.3 is 6.03 Å². The molecule has 0 aliphatic carbocycles. The minimum Gasteiger partial charge on any atom is -0.365 e. The van der Waals surface area contributed by atoms with Gasteiger partial charge in [0.25, 0.3) is 0 Å². The quantitative estimate of drug-likeness (QED) is 0.915.